The molecule has 0 radical (unpaired) electrons. The zero-order valence-corrected chi connectivity index (χ0v) is 8.94. The Morgan fingerprint density at radius 3 is 2.38 bits per heavy atom. The third-order valence-electron chi connectivity index (χ3n) is 1.65. The molecule has 0 atom stereocenters. The molecule has 0 aliphatic carbocycles. The molecular formula is C8H17N5. The van der Waals surface area contributed by atoms with Crippen LogP contribution in [-0.2, 0) is 7.05 Å². The summed E-state index contributed by atoms with van der Waals surface area (Å²) >= 11 is 0. The number of tetrazole rings is 1. The van der Waals surface area contributed by atoms with Crippen molar-refractivity contribution in [1.29, 1.82) is 0 Å². The molecule has 0 aromatic carbocycles. The van der Waals surface area contributed by atoms with Crippen LogP contribution in [0.2, 0.25) is 0 Å². The van der Waals surface area contributed by atoms with Crippen molar-refractivity contribution in [2.24, 2.45) is 12.5 Å². The van der Waals surface area contributed by atoms with Crippen LogP contribution in [-0.4, -0.2) is 33.8 Å². The second kappa shape index (κ2) is 3.32. The Morgan fingerprint density at radius 2 is 2.00 bits per heavy atom. The molecule has 0 saturated carbocycles. The van der Waals surface area contributed by atoms with Crippen molar-refractivity contribution in [3.05, 3.63) is 0 Å². The van der Waals surface area contributed by atoms with Crippen molar-refractivity contribution in [2.75, 3.05) is 18.5 Å². The average Bonchev–Trinajstić information content (AvgIpc) is 2.30. The maximum atomic E-state index is 3.93. The lowest BCUT2D eigenvalue weighted by atomic mass is 9.96. The van der Waals surface area contributed by atoms with Gasteiger partial charge in [-0.05, 0) is 15.8 Å². The highest BCUT2D eigenvalue weighted by molar-refractivity contribution is 5.25. The topological polar surface area (TPSA) is 46.8 Å². The highest BCUT2D eigenvalue weighted by Gasteiger charge is 2.16. The van der Waals surface area contributed by atoms with Gasteiger partial charge in [0.15, 0.2) is 0 Å². The van der Waals surface area contributed by atoms with E-state index >= 15 is 0 Å². The van der Waals surface area contributed by atoms with Gasteiger partial charge in [-0.25, -0.2) is 4.68 Å². The molecule has 0 N–H and O–H groups in total. The Bertz CT molecular complexity index is 272. The zero-order chi connectivity index (χ0) is 10.1. The van der Waals surface area contributed by atoms with Crippen LogP contribution in [0.25, 0.3) is 0 Å². The number of aromatic nitrogens is 4. The fourth-order valence-corrected chi connectivity index (χ4v) is 1.33. The predicted octanol–water partition coefficient (Wildman–Crippen LogP) is 0.692. The minimum atomic E-state index is 0.251. The monoisotopic (exact) mass is 183 g/mol. The fraction of sp³-hybridized carbons (Fsp3) is 0.875. The first-order valence-electron chi connectivity index (χ1n) is 4.34. The van der Waals surface area contributed by atoms with Crippen molar-refractivity contribution >= 4 is 5.95 Å². The molecule has 0 spiro atoms. The fourth-order valence-electron chi connectivity index (χ4n) is 1.33. The van der Waals surface area contributed by atoms with Crippen molar-refractivity contribution in [1.82, 2.24) is 20.2 Å². The smallest absolute Gasteiger partial charge is 0.245 e. The minimum absolute atomic E-state index is 0.251. The molecule has 0 unspecified atom stereocenters. The van der Waals surface area contributed by atoms with Gasteiger partial charge in [-0.3, -0.25) is 0 Å². The van der Waals surface area contributed by atoms with E-state index in [1.807, 2.05) is 14.1 Å². The number of nitrogens with zero attached hydrogens (tertiary/aromatic N) is 5. The molecule has 1 rings (SSSR count). The van der Waals surface area contributed by atoms with E-state index in [1.54, 1.807) is 4.68 Å². The predicted molar refractivity (Wildman–Crippen MR) is 51.5 cm³/mol. The quantitative estimate of drug-likeness (QED) is 0.677. The maximum Gasteiger partial charge on any atom is 0.245 e. The molecule has 1 aromatic rings. The van der Waals surface area contributed by atoms with E-state index in [-0.39, 0.29) is 5.41 Å². The largest absolute Gasteiger partial charge is 0.342 e. The van der Waals surface area contributed by atoms with Crippen LogP contribution >= 0.6 is 0 Å². The van der Waals surface area contributed by atoms with Crippen molar-refractivity contribution in [2.45, 2.75) is 20.8 Å². The summed E-state index contributed by atoms with van der Waals surface area (Å²) in [6, 6.07) is 0. The van der Waals surface area contributed by atoms with Gasteiger partial charge in [-0.1, -0.05) is 25.9 Å². The summed E-state index contributed by atoms with van der Waals surface area (Å²) in [5, 5.41) is 11.3. The molecule has 13 heavy (non-hydrogen) atoms. The van der Waals surface area contributed by atoms with E-state index in [0.29, 0.717) is 0 Å². The lowest BCUT2D eigenvalue weighted by molar-refractivity contribution is 0.414. The molecule has 0 saturated heterocycles. The van der Waals surface area contributed by atoms with Crippen molar-refractivity contribution in [3.63, 3.8) is 0 Å². The highest BCUT2D eigenvalue weighted by atomic mass is 15.6. The van der Waals surface area contributed by atoms with Gasteiger partial charge >= 0.3 is 0 Å². The Kier molecular flexibility index (Phi) is 2.54. The summed E-state index contributed by atoms with van der Waals surface area (Å²) < 4.78 is 1.67. The van der Waals surface area contributed by atoms with Gasteiger partial charge in [0, 0.05) is 20.6 Å². The first-order chi connectivity index (χ1) is 5.90. The standard InChI is InChI=1S/C8H17N5/c1-8(2,3)6-12(4)7-9-10-11-13(7)5/h6H2,1-5H3. The number of anilines is 1. The van der Waals surface area contributed by atoms with Gasteiger partial charge in [0.05, 0.1) is 0 Å². The van der Waals surface area contributed by atoms with Gasteiger partial charge in [-0.15, -0.1) is 0 Å². The van der Waals surface area contributed by atoms with Crippen LogP contribution in [0, 0.1) is 5.41 Å². The van der Waals surface area contributed by atoms with Crippen molar-refractivity contribution < 1.29 is 0 Å². The van der Waals surface area contributed by atoms with Gasteiger partial charge < -0.3 is 4.90 Å². The molecule has 0 fully saturated rings. The van der Waals surface area contributed by atoms with Crippen LogP contribution in [0.15, 0.2) is 0 Å². The first kappa shape index (κ1) is 9.95. The second-order valence-corrected chi connectivity index (χ2v) is 4.52. The van der Waals surface area contributed by atoms with E-state index in [2.05, 4.69) is 41.2 Å². The van der Waals surface area contributed by atoms with Gasteiger partial charge in [-0.2, -0.15) is 0 Å². The minimum Gasteiger partial charge on any atom is -0.342 e. The Hall–Kier alpha value is -1.13. The van der Waals surface area contributed by atoms with Crippen LogP contribution in [0.4, 0.5) is 5.95 Å². The summed E-state index contributed by atoms with van der Waals surface area (Å²) in [5.41, 5.74) is 0.251. The third-order valence-corrected chi connectivity index (χ3v) is 1.65. The van der Waals surface area contributed by atoms with Crippen LogP contribution < -0.4 is 4.90 Å². The van der Waals surface area contributed by atoms with E-state index in [9.17, 15) is 0 Å². The lowest BCUT2D eigenvalue weighted by Crippen LogP contribution is -2.31. The Labute approximate surface area is 78.7 Å². The molecule has 0 aliphatic rings. The Morgan fingerprint density at radius 1 is 1.38 bits per heavy atom. The molecule has 0 aliphatic heterocycles. The molecular weight excluding hydrogens is 166 g/mol. The number of hydrogen-bond acceptors (Lipinski definition) is 4. The molecule has 74 valence electrons. The lowest BCUT2D eigenvalue weighted by Gasteiger charge is -2.26. The van der Waals surface area contributed by atoms with E-state index in [0.717, 1.165) is 12.5 Å². The van der Waals surface area contributed by atoms with E-state index in [1.165, 1.54) is 0 Å². The maximum absolute atomic E-state index is 3.93. The van der Waals surface area contributed by atoms with Crippen molar-refractivity contribution in [3.8, 4) is 0 Å². The van der Waals surface area contributed by atoms with Crippen LogP contribution in [0.5, 0.6) is 0 Å². The van der Waals surface area contributed by atoms with Crippen LogP contribution in [0.1, 0.15) is 20.8 Å². The Balaban J connectivity index is 2.69. The molecule has 0 amide bonds. The summed E-state index contributed by atoms with van der Waals surface area (Å²) in [4.78, 5) is 2.06. The first-order valence-corrected chi connectivity index (χ1v) is 4.34. The van der Waals surface area contributed by atoms with E-state index < -0.39 is 0 Å². The van der Waals surface area contributed by atoms with Gasteiger partial charge in [0.25, 0.3) is 0 Å². The van der Waals surface area contributed by atoms with Crippen LogP contribution in [0.3, 0.4) is 0 Å². The normalized spacial score (nSPS) is 11.8. The second-order valence-electron chi connectivity index (χ2n) is 4.52. The number of rotatable bonds is 2. The molecule has 5 nitrogen and oxygen atoms in total. The summed E-state index contributed by atoms with van der Waals surface area (Å²) in [7, 11) is 3.84. The average molecular weight is 183 g/mol. The third kappa shape index (κ3) is 2.68. The number of hydrogen-bond donors (Lipinski definition) is 0. The number of aryl methyl sites for hydroxylation is 1. The molecule has 1 heterocycles. The SMILES string of the molecule is CN(CC(C)(C)C)c1nnnn1C. The van der Waals surface area contributed by atoms with Gasteiger partial charge in [0.2, 0.25) is 5.95 Å². The summed E-state index contributed by atoms with van der Waals surface area (Å²) in [6.07, 6.45) is 0. The summed E-state index contributed by atoms with van der Waals surface area (Å²) in [5.74, 6) is 0.801. The summed E-state index contributed by atoms with van der Waals surface area (Å²) in [6.45, 7) is 7.50. The molecule has 0 bridgehead atoms. The van der Waals surface area contributed by atoms with Gasteiger partial charge in [0.1, 0.15) is 0 Å². The zero-order valence-electron chi connectivity index (χ0n) is 8.94. The molecule has 1 aromatic heterocycles. The van der Waals surface area contributed by atoms with E-state index in [4.69, 9.17) is 0 Å². The molecule has 5 heteroatoms. The highest BCUT2D eigenvalue weighted by Crippen LogP contribution is 2.16.